The Morgan fingerprint density at radius 3 is 2.43 bits per heavy atom. The number of hydrogen-bond acceptors (Lipinski definition) is 3. The molecule has 0 fully saturated rings. The van der Waals surface area contributed by atoms with Crippen LogP contribution in [-0.2, 0) is 0 Å². The molecule has 0 aliphatic rings. The van der Waals surface area contributed by atoms with Crippen LogP contribution in [-0.4, -0.2) is 4.98 Å². The first-order valence-electron chi connectivity index (χ1n) is 6.02. The largest absolute Gasteiger partial charge is 0.398 e. The molecule has 106 valence electrons. The number of rotatable bonds is 2. The third kappa shape index (κ3) is 2.38. The third-order valence-corrected chi connectivity index (χ3v) is 3.88. The van der Waals surface area contributed by atoms with E-state index in [4.69, 9.17) is 5.73 Å². The van der Waals surface area contributed by atoms with Gasteiger partial charge >= 0.3 is 0 Å². The van der Waals surface area contributed by atoms with E-state index in [0.29, 0.717) is 16.9 Å². The number of aromatic nitrogens is 1. The van der Waals surface area contributed by atoms with Crippen LogP contribution in [0.5, 0.6) is 0 Å². The van der Waals surface area contributed by atoms with Crippen LogP contribution in [0.25, 0.3) is 21.8 Å². The first kappa shape index (κ1) is 13.6. The van der Waals surface area contributed by atoms with Crippen molar-refractivity contribution in [2.24, 2.45) is 0 Å². The molecule has 0 bridgehead atoms. The standard InChI is InChI=1S/C15H9F3N2S/c16-10-6-5-9(13(17)14(10)18)15-20-12(7-21-15)8-3-1-2-4-11(8)19/h1-7H,19H2. The van der Waals surface area contributed by atoms with Gasteiger partial charge in [0.15, 0.2) is 17.5 Å². The molecule has 0 aliphatic carbocycles. The van der Waals surface area contributed by atoms with Gasteiger partial charge in [-0.05, 0) is 18.2 Å². The summed E-state index contributed by atoms with van der Waals surface area (Å²) in [5.74, 6) is -3.96. The summed E-state index contributed by atoms with van der Waals surface area (Å²) in [7, 11) is 0. The van der Waals surface area contributed by atoms with Crippen molar-refractivity contribution < 1.29 is 13.2 Å². The van der Waals surface area contributed by atoms with Gasteiger partial charge in [0.25, 0.3) is 0 Å². The zero-order valence-electron chi connectivity index (χ0n) is 10.6. The molecule has 3 rings (SSSR count). The summed E-state index contributed by atoms with van der Waals surface area (Å²) >= 11 is 1.14. The Balaban J connectivity index is 2.07. The summed E-state index contributed by atoms with van der Waals surface area (Å²) < 4.78 is 40.0. The van der Waals surface area contributed by atoms with Gasteiger partial charge in [-0.2, -0.15) is 0 Å². The topological polar surface area (TPSA) is 38.9 Å². The number of para-hydroxylation sites is 1. The smallest absolute Gasteiger partial charge is 0.195 e. The van der Waals surface area contributed by atoms with E-state index in [0.717, 1.165) is 17.4 Å². The van der Waals surface area contributed by atoms with Crippen LogP contribution >= 0.6 is 11.3 Å². The fraction of sp³-hybridized carbons (Fsp3) is 0. The zero-order valence-corrected chi connectivity index (χ0v) is 11.4. The van der Waals surface area contributed by atoms with Crippen molar-refractivity contribution in [2.75, 3.05) is 5.73 Å². The first-order chi connectivity index (χ1) is 10.1. The van der Waals surface area contributed by atoms with E-state index < -0.39 is 17.5 Å². The quantitative estimate of drug-likeness (QED) is 0.560. The summed E-state index contributed by atoms with van der Waals surface area (Å²) in [5, 5.41) is 1.96. The Morgan fingerprint density at radius 2 is 1.67 bits per heavy atom. The van der Waals surface area contributed by atoms with Gasteiger partial charge in [0, 0.05) is 22.2 Å². The molecule has 1 aromatic heterocycles. The van der Waals surface area contributed by atoms with Gasteiger partial charge in [-0.25, -0.2) is 18.2 Å². The Labute approximate surface area is 122 Å². The number of nitrogen functional groups attached to an aromatic ring is 1. The summed E-state index contributed by atoms with van der Waals surface area (Å²) in [6.07, 6.45) is 0. The van der Waals surface area contributed by atoms with E-state index in [1.54, 1.807) is 23.6 Å². The molecule has 2 nitrogen and oxygen atoms in total. The summed E-state index contributed by atoms with van der Waals surface area (Å²) in [4.78, 5) is 4.25. The maximum absolute atomic E-state index is 13.8. The minimum absolute atomic E-state index is 0.0698. The monoisotopic (exact) mass is 306 g/mol. The second-order valence-electron chi connectivity index (χ2n) is 4.35. The van der Waals surface area contributed by atoms with E-state index >= 15 is 0 Å². The molecule has 3 aromatic rings. The highest BCUT2D eigenvalue weighted by atomic mass is 32.1. The predicted octanol–water partition coefficient (Wildman–Crippen LogP) is 4.48. The third-order valence-electron chi connectivity index (χ3n) is 3.01. The van der Waals surface area contributed by atoms with Crippen molar-refractivity contribution in [3.8, 4) is 21.8 Å². The summed E-state index contributed by atoms with van der Waals surface area (Å²) in [5.41, 5.74) is 7.61. The van der Waals surface area contributed by atoms with Gasteiger partial charge in [-0.3, -0.25) is 0 Å². The van der Waals surface area contributed by atoms with Crippen molar-refractivity contribution in [1.29, 1.82) is 0 Å². The van der Waals surface area contributed by atoms with Crippen LogP contribution in [0.2, 0.25) is 0 Å². The minimum atomic E-state index is -1.50. The van der Waals surface area contributed by atoms with Gasteiger partial charge in [0.2, 0.25) is 0 Å². The second kappa shape index (κ2) is 5.21. The lowest BCUT2D eigenvalue weighted by atomic mass is 10.1. The molecular formula is C15H9F3N2S. The average Bonchev–Trinajstić information content (AvgIpc) is 2.95. The normalized spacial score (nSPS) is 10.8. The number of benzene rings is 2. The number of nitrogens with two attached hydrogens (primary N) is 1. The maximum atomic E-state index is 13.8. The molecule has 0 saturated carbocycles. The number of anilines is 1. The van der Waals surface area contributed by atoms with Crippen molar-refractivity contribution in [3.05, 3.63) is 59.2 Å². The fourth-order valence-corrected chi connectivity index (χ4v) is 2.78. The van der Waals surface area contributed by atoms with Crippen LogP contribution in [0.4, 0.5) is 18.9 Å². The van der Waals surface area contributed by atoms with E-state index in [1.165, 1.54) is 6.07 Å². The Morgan fingerprint density at radius 1 is 0.905 bits per heavy atom. The molecule has 1 heterocycles. The van der Waals surface area contributed by atoms with Gasteiger partial charge in [0.1, 0.15) is 5.01 Å². The number of halogens is 3. The van der Waals surface area contributed by atoms with Crippen molar-refractivity contribution in [2.45, 2.75) is 0 Å². The summed E-state index contributed by atoms with van der Waals surface area (Å²) in [6.45, 7) is 0. The zero-order chi connectivity index (χ0) is 15.0. The Hall–Kier alpha value is -2.34. The molecule has 0 spiro atoms. The first-order valence-corrected chi connectivity index (χ1v) is 6.90. The van der Waals surface area contributed by atoms with Crippen LogP contribution in [0.15, 0.2) is 41.8 Å². The van der Waals surface area contributed by atoms with Gasteiger partial charge < -0.3 is 5.73 Å². The minimum Gasteiger partial charge on any atom is -0.398 e. The second-order valence-corrected chi connectivity index (χ2v) is 5.21. The molecule has 6 heteroatoms. The predicted molar refractivity (Wildman–Crippen MR) is 77.3 cm³/mol. The lowest BCUT2D eigenvalue weighted by Crippen LogP contribution is -1.94. The Kier molecular flexibility index (Phi) is 3.39. The maximum Gasteiger partial charge on any atom is 0.195 e. The fourth-order valence-electron chi connectivity index (χ4n) is 1.94. The molecule has 21 heavy (non-hydrogen) atoms. The number of nitrogens with zero attached hydrogens (tertiary/aromatic N) is 1. The van der Waals surface area contributed by atoms with Crippen molar-refractivity contribution in [1.82, 2.24) is 4.98 Å². The van der Waals surface area contributed by atoms with Gasteiger partial charge in [-0.15, -0.1) is 11.3 Å². The van der Waals surface area contributed by atoms with Crippen LogP contribution in [0, 0.1) is 17.5 Å². The molecule has 0 unspecified atom stereocenters. The molecule has 0 radical (unpaired) electrons. The molecular weight excluding hydrogens is 297 g/mol. The van der Waals surface area contributed by atoms with Crippen LogP contribution in [0.3, 0.4) is 0 Å². The van der Waals surface area contributed by atoms with Crippen LogP contribution < -0.4 is 5.73 Å². The van der Waals surface area contributed by atoms with E-state index in [1.807, 2.05) is 6.07 Å². The van der Waals surface area contributed by atoms with Crippen molar-refractivity contribution in [3.63, 3.8) is 0 Å². The molecule has 0 atom stereocenters. The number of thiazole rings is 1. The van der Waals surface area contributed by atoms with Gasteiger partial charge in [-0.1, -0.05) is 18.2 Å². The SMILES string of the molecule is Nc1ccccc1-c1csc(-c2ccc(F)c(F)c2F)n1. The molecule has 2 aromatic carbocycles. The lowest BCUT2D eigenvalue weighted by Gasteiger charge is -2.02. The highest BCUT2D eigenvalue weighted by Crippen LogP contribution is 2.33. The molecule has 0 amide bonds. The van der Waals surface area contributed by atoms with Crippen molar-refractivity contribution >= 4 is 17.0 Å². The molecule has 0 saturated heterocycles. The number of hydrogen-bond donors (Lipinski definition) is 1. The van der Waals surface area contributed by atoms with E-state index in [2.05, 4.69) is 4.98 Å². The Bertz CT molecular complexity index is 814. The van der Waals surface area contributed by atoms with Gasteiger partial charge in [0.05, 0.1) is 5.69 Å². The van der Waals surface area contributed by atoms with E-state index in [9.17, 15) is 13.2 Å². The lowest BCUT2D eigenvalue weighted by molar-refractivity contribution is 0.449. The average molecular weight is 306 g/mol. The molecule has 2 N–H and O–H groups in total. The van der Waals surface area contributed by atoms with E-state index in [-0.39, 0.29) is 10.6 Å². The van der Waals surface area contributed by atoms with Crippen LogP contribution in [0.1, 0.15) is 0 Å². The summed E-state index contributed by atoms with van der Waals surface area (Å²) in [6, 6.07) is 9.17. The highest BCUT2D eigenvalue weighted by Gasteiger charge is 2.17. The highest BCUT2D eigenvalue weighted by molar-refractivity contribution is 7.13. The molecule has 0 aliphatic heterocycles.